The number of hydrogen-bond donors (Lipinski definition) is 12. The summed E-state index contributed by atoms with van der Waals surface area (Å²) in [7, 11) is 1.35. The molecule has 0 unspecified atom stereocenters. The molecule has 2 aliphatic heterocycles. The van der Waals surface area contributed by atoms with Crippen molar-refractivity contribution < 1.29 is 67.7 Å². The molecule has 0 spiro atoms. The number of amides is 11. The van der Waals surface area contributed by atoms with Crippen LogP contribution in [0.2, 0.25) is 0 Å². The summed E-state index contributed by atoms with van der Waals surface area (Å²) in [5, 5.41) is 44.4. The van der Waals surface area contributed by atoms with Crippen LogP contribution in [-0.2, 0) is 89.8 Å². The molecule has 0 bridgehead atoms. The maximum atomic E-state index is 15.0. The summed E-state index contributed by atoms with van der Waals surface area (Å²) in [6, 6.07) is 18.4. The number of unbranched alkanes of at least 4 members (excludes halogenated alkanes) is 2. The number of aromatic hydroxyl groups is 1. The summed E-state index contributed by atoms with van der Waals surface area (Å²) in [4.78, 5) is 172. The van der Waals surface area contributed by atoms with Crippen LogP contribution >= 0.6 is 0 Å². The number of H-pyrrole nitrogens is 1. The van der Waals surface area contributed by atoms with Crippen molar-refractivity contribution in [3.8, 4) is 5.75 Å². The lowest BCUT2D eigenvalue weighted by Gasteiger charge is -2.30. The topological polar surface area (TPSA) is 376 Å². The minimum atomic E-state index is -1.78. The highest BCUT2D eigenvalue weighted by molar-refractivity contribution is 5.99. The fraction of sp³-hybridized carbons (Fsp3) is 0.406. The van der Waals surface area contributed by atoms with Crippen molar-refractivity contribution in [3.63, 3.8) is 0 Å². The Morgan fingerprint density at radius 3 is 1.82 bits per heavy atom. The number of para-hydroxylation sites is 1. The molecule has 2 fully saturated rings. The van der Waals surface area contributed by atoms with Gasteiger partial charge in [0.15, 0.2) is 0 Å². The van der Waals surface area contributed by atoms with Crippen molar-refractivity contribution in [1.29, 1.82) is 0 Å². The number of aromatic nitrogens is 1. The molecule has 3 heterocycles. The third-order valence-corrected chi connectivity index (χ3v) is 15.7. The largest absolute Gasteiger partial charge is 0.508 e. The van der Waals surface area contributed by atoms with Crippen LogP contribution in [0.5, 0.6) is 5.75 Å². The number of nitrogens with one attached hydrogen (secondary N) is 10. The number of likely N-dealkylation sites (N-methyl/N-ethyl adjacent to an activating group) is 1. The van der Waals surface area contributed by atoms with Crippen molar-refractivity contribution >= 4 is 81.9 Å². The molecule has 0 aliphatic carbocycles. The molecule has 2 saturated heterocycles. The second-order valence-electron chi connectivity index (χ2n) is 22.4. The van der Waals surface area contributed by atoms with Gasteiger partial charge in [0, 0.05) is 69.8 Å². The second-order valence-corrected chi connectivity index (χ2v) is 22.4. The summed E-state index contributed by atoms with van der Waals surface area (Å²) in [6.07, 6.45) is 2.32. The zero-order valence-corrected chi connectivity index (χ0v) is 50.4. The monoisotopic (exact) mass is 1240 g/mol. The third-order valence-electron chi connectivity index (χ3n) is 15.7. The van der Waals surface area contributed by atoms with Crippen LogP contribution in [0.15, 0.2) is 109 Å². The number of carboxylic acids is 1. The number of aliphatic carboxylic acids is 1. The standard InChI is InChI=1S/C64H78N12O14/c1-4-5-7-17-47-59(85)72-50(31-43-34-66-46-16-11-10-15-45(43)46)58(84)68-36-55(80)70-48(28-41-23-25-44(78)26-24-41)60(86)74-51(32-57(82)83)64(90)76-27-12-18-52(76)62(88)69-35-54(79)67-37-56(81)75(3)53(30-39-13-8-6-9-14-39)63(89)73-49(61(87)71-47)29-40-19-21-42(22-20-40)33-65-38(2)77/h6,8-11,13-16,19-26,34,47-53,66,78H,4-5,7,12,17-18,27-33,35-37H2,1-3H3,(H,65,77)(H,67,79)(H,68,84)(H,69,88)(H,70,80)(H,71,87)(H,72,85)(H,73,89)(H,74,86)(H,82,83)/t47-,48-,49-,50-,51-,52+,53-/m0/s1. The van der Waals surface area contributed by atoms with Gasteiger partial charge in [-0.15, -0.1) is 0 Å². The predicted octanol–water partition coefficient (Wildman–Crippen LogP) is 0.439. The van der Waals surface area contributed by atoms with Crippen LogP contribution in [0.3, 0.4) is 0 Å². The van der Waals surface area contributed by atoms with Crippen LogP contribution in [0.4, 0.5) is 0 Å². The number of hydrogen-bond acceptors (Lipinski definition) is 13. The summed E-state index contributed by atoms with van der Waals surface area (Å²) in [5.74, 6) is -10.4. The van der Waals surface area contributed by atoms with Gasteiger partial charge in [-0.2, -0.15) is 0 Å². The van der Waals surface area contributed by atoms with Crippen molar-refractivity contribution in [2.75, 3.05) is 33.2 Å². The zero-order valence-electron chi connectivity index (χ0n) is 50.4. The molecule has 5 aromatic rings. The smallest absolute Gasteiger partial charge is 0.305 e. The van der Waals surface area contributed by atoms with Crippen LogP contribution in [0, 0.1) is 0 Å². The van der Waals surface area contributed by atoms with Crippen LogP contribution in [-0.4, -0.2) is 171 Å². The summed E-state index contributed by atoms with van der Waals surface area (Å²) in [6.45, 7) is 1.39. The Kier molecular flexibility index (Phi) is 24.5. The molecule has 11 amide bonds. The Morgan fingerprint density at radius 2 is 1.14 bits per heavy atom. The van der Waals surface area contributed by atoms with Gasteiger partial charge < -0.3 is 72.8 Å². The van der Waals surface area contributed by atoms with E-state index >= 15 is 0 Å². The molecule has 26 heteroatoms. The molecule has 1 aromatic heterocycles. The molecule has 478 valence electrons. The number of phenols is 1. The Labute approximate surface area is 519 Å². The quantitative estimate of drug-likeness (QED) is 0.0597. The first-order chi connectivity index (χ1) is 43.1. The molecule has 2 aliphatic rings. The van der Waals surface area contributed by atoms with Gasteiger partial charge in [-0.25, -0.2) is 0 Å². The minimum absolute atomic E-state index is 0.0398. The first-order valence-corrected chi connectivity index (χ1v) is 30.0. The SMILES string of the molecule is CCCCC[C@@H]1NC(=O)[C@H](Cc2ccc(CNC(C)=O)cc2)NC(=O)[C@H](Cc2ccccc2)N(C)C(=O)CNC(=O)CNC(=O)[C@H]2CCCN2C(=O)[C@H](CC(=O)O)NC(=O)[C@H](Cc2ccc(O)cc2)NC(=O)CNC(=O)[C@H](Cc2c[nH]c3ccccc23)NC1=O. The van der Waals surface area contributed by atoms with Crippen molar-refractivity contribution in [2.45, 2.75) is 133 Å². The number of carbonyl (C=O) groups excluding carboxylic acids is 11. The van der Waals surface area contributed by atoms with E-state index in [1.165, 1.54) is 38.2 Å². The summed E-state index contributed by atoms with van der Waals surface area (Å²) in [5.41, 5.74) is 3.65. The van der Waals surface area contributed by atoms with E-state index in [1.807, 2.05) is 25.1 Å². The highest BCUT2D eigenvalue weighted by Gasteiger charge is 2.40. The molecule has 12 N–H and O–H groups in total. The van der Waals surface area contributed by atoms with Crippen molar-refractivity contribution in [2.24, 2.45) is 0 Å². The highest BCUT2D eigenvalue weighted by atomic mass is 16.4. The Balaban J connectivity index is 1.25. The number of fused-ring (bicyclic) bond motifs is 2. The molecular formula is C64H78N12O14. The Bertz CT molecular complexity index is 3400. The Hall–Kier alpha value is -10.1. The van der Waals surface area contributed by atoms with Crippen LogP contribution < -0.4 is 47.9 Å². The van der Waals surface area contributed by atoms with Gasteiger partial charge in [0.1, 0.15) is 48.0 Å². The van der Waals surface area contributed by atoms with E-state index in [-0.39, 0.29) is 69.7 Å². The second kappa shape index (κ2) is 32.7. The third kappa shape index (κ3) is 19.7. The lowest BCUT2D eigenvalue weighted by molar-refractivity contribution is -0.146. The van der Waals surface area contributed by atoms with Gasteiger partial charge in [-0.1, -0.05) is 111 Å². The first-order valence-electron chi connectivity index (χ1n) is 30.0. The average Bonchev–Trinajstić information content (AvgIpc) is 2.09. The van der Waals surface area contributed by atoms with Crippen molar-refractivity contribution in [3.05, 3.63) is 137 Å². The van der Waals surface area contributed by atoms with E-state index in [4.69, 9.17) is 0 Å². The lowest BCUT2D eigenvalue weighted by atomic mass is 10.00. The molecule has 4 aromatic carbocycles. The molecule has 90 heavy (non-hydrogen) atoms. The number of aromatic amines is 1. The first kappa shape index (κ1) is 67.4. The minimum Gasteiger partial charge on any atom is -0.508 e. The maximum absolute atomic E-state index is 15.0. The van der Waals surface area contributed by atoms with Gasteiger partial charge in [-0.3, -0.25) is 57.5 Å². The van der Waals surface area contributed by atoms with Gasteiger partial charge >= 0.3 is 5.97 Å². The molecule has 0 saturated carbocycles. The molecular weight excluding hydrogens is 1160 g/mol. The average molecular weight is 1240 g/mol. The van der Waals surface area contributed by atoms with E-state index < -0.39 is 133 Å². The Morgan fingerprint density at radius 1 is 0.578 bits per heavy atom. The fourth-order valence-corrected chi connectivity index (χ4v) is 10.7. The van der Waals surface area contributed by atoms with E-state index in [2.05, 4.69) is 52.8 Å². The van der Waals surface area contributed by atoms with Crippen LogP contribution in [0.1, 0.15) is 86.6 Å². The van der Waals surface area contributed by atoms with E-state index in [9.17, 15) is 67.7 Å². The summed E-state index contributed by atoms with van der Waals surface area (Å²) >= 11 is 0. The molecule has 0 radical (unpaired) electrons. The molecule has 26 nitrogen and oxygen atoms in total. The van der Waals surface area contributed by atoms with Crippen LogP contribution in [0.25, 0.3) is 10.9 Å². The number of phenolic OH excluding ortho intramolecular Hbond substituents is 1. The van der Waals surface area contributed by atoms with Gasteiger partial charge in [0.25, 0.3) is 0 Å². The van der Waals surface area contributed by atoms with Gasteiger partial charge in [0.2, 0.25) is 65.0 Å². The summed E-state index contributed by atoms with van der Waals surface area (Å²) < 4.78 is 0. The number of carboxylic acid groups (broad SMARTS) is 1. The molecule has 7 rings (SSSR count). The van der Waals surface area contributed by atoms with Gasteiger partial charge in [-0.05, 0) is 65.3 Å². The normalized spacial score (nSPS) is 21.7. The van der Waals surface area contributed by atoms with Gasteiger partial charge in [0.05, 0.1) is 26.1 Å². The van der Waals surface area contributed by atoms with Crippen molar-refractivity contribution in [1.82, 2.24) is 62.6 Å². The number of nitrogens with zero attached hydrogens (tertiary/aromatic N) is 2. The number of benzene rings is 4. The highest BCUT2D eigenvalue weighted by Crippen LogP contribution is 2.22. The zero-order chi connectivity index (χ0) is 64.9. The lowest BCUT2D eigenvalue weighted by Crippen LogP contribution is -2.60. The van der Waals surface area contributed by atoms with E-state index in [0.29, 0.717) is 40.5 Å². The van der Waals surface area contributed by atoms with E-state index in [0.717, 1.165) is 27.3 Å². The maximum Gasteiger partial charge on any atom is 0.305 e. The number of rotatable bonds is 16. The predicted molar refractivity (Wildman–Crippen MR) is 328 cm³/mol. The number of carbonyl (C=O) groups is 12. The fourth-order valence-electron chi connectivity index (χ4n) is 10.7. The molecule has 7 atom stereocenters. The van der Waals surface area contributed by atoms with E-state index in [1.54, 1.807) is 66.9 Å².